The SMILES string of the molecule is CCNC(=NCC1CCN(C(=O)OC(C)(C)C)CC1)NCC1CCCS1. The van der Waals surface area contributed by atoms with Crippen LogP contribution in [-0.4, -0.2) is 66.3 Å². The molecule has 2 aliphatic heterocycles. The molecule has 26 heavy (non-hydrogen) atoms. The number of guanidine groups is 1. The van der Waals surface area contributed by atoms with Crippen LogP contribution in [-0.2, 0) is 4.74 Å². The Balaban J connectivity index is 1.73. The van der Waals surface area contributed by atoms with E-state index >= 15 is 0 Å². The summed E-state index contributed by atoms with van der Waals surface area (Å²) in [6.07, 6.45) is 4.42. The molecule has 2 heterocycles. The molecule has 2 rings (SSSR count). The Morgan fingerprint density at radius 1 is 1.23 bits per heavy atom. The molecule has 0 aromatic rings. The molecule has 2 saturated heterocycles. The maximum Gasteiger partial charge on any atom is 0.410 e. The third-order valence-electron chi connectivity index (χ3n) is 4.64. The van der Waals surface area contributed by atoms with Gasteiger partial charge in [0.15, 0.2) is 5.96 Å². The third kappa shape index (κ3) is 7.64. The molecule has 2 N–H and O–H groups in total. The van der Waals surface area contributed by atoms with Crippen molar-refractivity contribution in [3.05, 3.63) is 0 Å². The largest absolute Gasteiger partial charge is 0.444 e. The van der Waals surface area contributed by atoms with E-state index in [0.29, 0.717) is 5.92 Å². The highest BCUT2D eigenvalue weighted by molar-refractivity contribution is 8.00. The summed E-state index contributed by atoms with van der Waals surface area (Å²) in [5.41, 5.74) is -0.428. The standard InChI is InChI=1S/C19H36N4O2S/c1-5-20-17(22-14-16-7-6-12-26-16)21-13-15-8-10-23(11-9-15)18(24)25-19(2,3)4/h15-16H,5-14H2,1-4H3,(H2,20,21,22). The van der Waals surface area contributed by atoms with Gasteiger partial charge >= 0.3 is 6.09 Å². The molecule has 0 bridgehead atoms. The highest BCUT2D eigenvalue weighted by Gasteiger charge is 2.26. The Morgan fingerprint density at radius 3 is 2.54 bits per heavy atom. The first-order valence-electron chi connectivity index (χ1n) is 9.99. The van der Waals surface area contributed by atoms with E-state index in [1.165, 1.54) is 18.6 Å². The van der Waals surface area contributed by atoms with Crippen LogP contribution in [0.4, 0.5) is 4.79 Å². The van der Waals surface area contributed by atoms with Crippen molar-refractivity contribution in [2.24, 2.45) is 10.9 Å². The normalized spacial score (nSPS) is 22.4. The number of ether oxygens (including phenoxy) is 1. The van der Waals surface area contributed by atoms with Gasteiger partial charge in [-0.1, -0.05) is 0 Å². The summed E-state index contributed by atoms with van der Waals surface area (Å²) in [6, 6.07) is 0. The molecular formula is C19H36N4O2S. The van der Waals surface area contributed by atoms with Gasteiger partial charge in [0.25, 0.3) is 0 Å². The van der Waals surface area contributed by atoms with Crippen molar-refractivity contribution >= 4 is 23.8 Å². The number of nitrogens with one attached hydrogen (secondary N) is 2. The van der Waals surface area contributed by atoms with Crippen LogP contribution in [0, 0.1) is 5.92 Å². The third-order valence-corrected chi connectivity index (χ3v) is 6.04. The number of piperidine rings is 1. The maximum absolute atomic E-state index is 12.1. The number of rotatable bonds is 5. The van der Waals surface area contributed by atoms with Gasteiger partial charge in [-0.2, -0.15) is 11.8 Å². The zero-order valence-electron chi connectivity index (χ0n) is 16.8. The monoisotopic (exact) mass is 384 g/mol. The molecule has 0 radical (unpaired) electrons. The molecule has 2 fully saturated rings. The van der Waals surface area contributed by atoms with Gasteiger partial charge in [-0.25, -0.2) is 4.79 Å². The van der Waals surface area contributed by atoms with Crippen molar-refractivity contribution < 1.29 is 9.53 Å². The molecule has 0 spiro atoms. The first-order valence-corrected chi connectivity index (χ1v) is 11.0. The lowest BCUT2D eigenvalue weighted by Gasteiger charge is -2.33. The van der Waals surface area contributed by atoms with E-state index in [4.69, 9.17) is 9.73 Å². The minimum absolute atomic E-state index is 0.191. The van der Waals surface area contributed by atoms with Crippen LogP contribution in [0.2, 0.25) is 0 Å². The molecule has 1 atom stereocenters. The van der Waals surface area contributed by atoms with Gasteiger partial charge in [-0.05, 0) is 65.0 Å². The van der Waals surface area contributed by atoms with Crippen LogP contribution in [0.5, 0.6) is 0 Å². The Bertz CT molecular complexity index is 465. The van der Waals surface area contributed by atoms with E-state index < -0.39 is 5.60 Å². The second-order valence-corrected chi connectivity index (χ2v) is 9.55. The quantitative estimate of drug-likeness (QED) is 0.563. The second-order valence-electron chi connectivity index (χ2n) is 8.15. The zero-order chi connectivity index (χ0) is 19.0. The summed E-state index contributed by atoms with van der Waals surface area (Å²) in [5, 5.41) is 7.55. The van der Waals surface area contributed by atoms with E-state index in [1.807, 2.05) is 25.7 Å². The van der Waals surface area contributed by atoms with Gasteiger partial charge in [-0.3, -0.25) is 4.99 Å². The predicted octanol–water partition coefficient (Wildman–Crippen LogP) is 3.08. The molecule has 0 aromatic heterocycles. The van der Waals surface area contributed by atoms with Gasteiger partial charge in [0, 0.05) is 38.0 Å². The first-order chi connectivity index (χ1) is 12.4. The molecule has 6 nitrogen and oxygen atoms in total. The number of hydrogen-bond donors (Lipinski definition) is 2. The fraction of sp³-hybridized carbons (Fsp3) is 0.895. The highest BCUT2D eigenvalue weighted by atomic mass is 32.2. The number of likely N-dealkylation sites (tertiary alicyclic amines) is 1. The smallest absolute Gasteiger partial charge is 0.410 e. The topological polar surface area (TPSA) is 66.0 Å². The number of hydrogen-bond acceptors (Lipinski definition) is 4. The zero-order valence-corrected chi connectivity index (χ0v) is 17.7. The summed E-state index contributed by atoms with van der Waals surface area (Å²) in [6.45, 7) is 12.0. The number of carbonyl (C=O) groups is 1. The van der Waals surface area contributed by atoms with E-state index in [0.717, 1.165) is 56.8 Å². The first kappa shape index (κ1) is 21.2. The predicted molar refractivity (Wildman–Crippen MR) is 110 cm³/mol. The fourth-order valence-corrected chi connectivity index (χ4v) is 4.40. The molecule has 0 aliphatic carbocycles. The lowest BCUT2D eigenvalue weighted by Crippen LogP contribution is -2.43. The van der Waals surface area contributed by atoms with Gasteiger partial charge in [0.1, 0.15) is 5.60 Å². The molecule has 1 unspecified atom stereocenters. The number of carbonyl (C=O) groups excluding carboxylic acids is 1. The molecular weight excluding hydrogens is 348 g/mol. The van der Waals surface area contributed by atoms with Crippen molar-refractivity contribution in [2.75, 3.05) is 38.5 Å². The van der Waals surface area contributed by atoms with Gasteiger partial charge in [0.2, 0.25) is 0 Å². The number of nitrogens with zero attached hydrogens (tertiary/aromatic N) is 2. The number of aliphatic imine (C=N–C) groups is 1. The van der Waals surface area contributed by atoms with Crippen LogP contribution in [0.1, 0.15) is 53.4 Å². The Kier molecular flexibility index (Phi) is 8.38. The summed E-state index contributed by atoms with van der Waals surface area (Å²) in [4.78, 5) is 18.7. The van der Waals surface area contributed by atoms with Crippen molar-refractivity contribution in [3.63, 3.8) is 0 Å². The van der Waals surface area contributed by atoms with Gasteiger partial charge < -0.3 is 20.3 Å². The summed E-state index contributed by atoms with van der Waals surface area (Å²) in [7, 11) is 0. The average Bonchev–Trinajstić information content (AvgIpc) is 3.10. The van der Waals surface area contributed by atoms with Crippen molar-refractivity contribution in [3.8, 4) is 0 Å². The summed E-state index contributed by atoms with van der Waals surface area (Å²) in [5.74, 6) is 2.75. The molecule has 2 aliphatic rings. The van der Waals surface area contributed by atoms with Crippen molar-refractivity contribution in [1.82, 2.24) is 15.5 Å². The molecule has 7 heteroatoms. The van der Waals surface area contributed by atoms with E-state index in [1.54, 1.807) is 0 Å². The van der Waals surface area contributed by atoms with Gasteiger partial charge in [0.05, 0.1) is 0 Å². The molecule has 150 valence electrons. The lowest BCUT2D eigenvalue weighted by molar-refractivity contribution is 0.0187. The minimum Gasteiger partial charge on any atom is -0.444 e. The van der Waals surface area contributed by atoms with Crippen LogP contribution in [0.15, 0.2) is 4.99 Å². The number of amides is 1. The van der Waals surface area contributed by atoms with Crippen molar-refractivity contribution in [2.45, 2.75) is 64.2 Å². The number of thioether (sulfide) groups is 1. The Labute approximate surface area is 162 Å². The minimum atomic E-state index is -0.428. The lowest BCUT2D eigenvalue weighted by atomic mass is 9.97. The Morgan fingerprint density at radius 2 is 1.96 bits per heavy atom. The van der Waals surface area contributed by atoms with E-state index in [-0.39, 0.29) is 6.09 Å². The van der Waals surface area contributed by atoms with E-state index in [2.05, 4.69) is 29.3 Å². The maximum atomic E-state index is 12.1. The molecule has 1 amide bonds. The van der Waals surface area contributed by atoms with Crippen molar-refractivity contribution in [1.29, 1.82) is 0 Å². The molecule has 0 saturated carbocycles. The van der Waals surface area contributed by atoms with Crippen LogP contribution in [0.3, 0.4) is 0 Å². The van der Waals surface area contributed by atoms with Crippen LogP contribution < -0.4 is 10.6 Å². The molecule has 0 aromatic carbocycles. The summed E-state index contributed by atoms with van der Waals surface area (Å²) < 4.78 is 5.46. The highest BCUT2D eigenvalue weighted by Crippen LogP contribution is 2.25. The Hall–Kier alpha value is -1.11. The van der Waals surface area contributed by atoms with Crippen LogP contribution >= 0.6 is 11.8 Å². The van der Waals surface area contributed by atoms with E-state index in [9.17, 15) is 4.79 Å². The van der Waals surface area contributed by atoms with Gasteiger partial charge in [-0.15, -0.1) is 0 Å². The summed E-state index contributed by atoms with van der Waals surface area (Å²) >= 11 is 2.06. The second kappa shape index (κ2) is 10.3. The fourth-order valence-electron chi connectivity index (χ4n) is 3.20. The van der Waals surface area contributed by atoms with Crippen LogP contribution in [0.25, 0.3) is 0 Å². The average molecular weight is 385 g/mol.